The van der Waals surface area contributed by atoms with Gasteiger partial charge in [0.15, 0.2) is 11.2 Å². The van der Waals surface area contributed by atoms with E-state index in [2.05, 4.69) is 15.5 Å². The molecule has 0 atom stereocenters. The highest BCUT2D eigenvalue weighted by Gasteiger charge is 2.18. The summed E-state index contributed by atoms with van der Waals surface area (Å²) in [7, 11) is 2.85. The Morgan fingerprint density at radius 2 is 1.96 bits per heavy atom. The largest absolute Gasteiger partial charge is 0.508 e. The highest BCUT2D eigenvalue weighted by atomic mass is 16.3. The van der Waals surface area contributed by atoms with Crippen LogP contribution in [0.25, 0.3) is 11.2 Å². The summed E-state index contributed by atoms with van der Waals surface area (Å²) in [4.78, 5) is 28.8. The first-order valence-corrected chi connectivity index (χ1v) is 7.93. The molecule has 0 fully saturated rings. The number of phenolic OH excluding ortho intramolecular Hbond substituents is 2. The zero-order valence-electron chi connectivity index (χ0n) is 14.6. The van der Waals surface area contributed by atoms with Gasteiger partial charge >= 0.3 is 5.69 Å². The maximum absolute atomic E-state index is 12.5. The van der Waals surface area contributed by atoms with E-state index in [0.29, 0.717) is 5.56 Å². The maximum Gasteiger partial charge on any atom is 0.332 e. The molecule has 27 heavy (non-hydrogen) atoms. The van der Waals surface area contributed by atoms with Gasteiger partial charge in [0.2, 0.25) is 5.95 Å². The molecule has 0 saturated heterocycles. The molecule has 4 N–H and O–H groups in total. The summed E-state index contributed by atoms with van der Waals surface area (Å²) in [5.41, 5.74) is 2.23. The quantitative estimate of drug-likeness (QED) is 0.340. The lowest BCUT2D eigenvalue weighted by Gasteiger charge is -2.07. The van der Waals surface area contributed by atoms with Crippen molar-refractivity contribution in [2.75, 3.05) is 12.0 Å². The SMILES string of the molecule is Cn1c(=O)c2c(nc(N/N=C\c3ccc(O)cc3O)n2CCO)n(C)c1=O. The van der Waals surface area contributed by atoms with Crippen LogP contribution < -0.4 is 16.7 Å². The van der Waals surface area contributed by atoms with Gasteiger partial charge in [0.1, 0.15) is 11.5 Å². The second-order valence-electron chi connectivity index (χ2n) is 5.80. The summed E-state index contributed by atoms with van der Waals surface area (Å²) >= 11 is 0. The minimum Gasteiger partial charge on any atom is -0.508 e. The van der Waals surface area contributed by atoms with Crippen LogP contribution in [0.15, 0.2) is 32.9 Å². The fourth-order valence-electron chi connectivity index (χ4n) is 2.65. The second-order valence-corrected chi connectivity index (χ2v) is 5.80. The molecule has 0 radical (unpaired) electrons. The summed E-state index contributed by atoms with van der Waals surface area (Å²) in [5.74, 6) is -0.105. The summed E-state index contributed by atoms with van der Waals surface area (Å²) in [5, 5.41) is 32.3. The molecule has 142 valence electrons. The Hall–Kier alpha value is -3.60. The standard InChI is InChI=1S/C16H18N6O5/c1-20-13-12(14(26)21(2)16(20)27)22(5-6-23)15(18-13)19-17-8-9-3-4-10(24)7-11(9)25/h3-4,7-8,23-25H,5-6H2,1-2H3,(H,18,19)/b17-8-. The summed E-state index contributed by atoms with van der Waals surface area (Å²) in [6.07, 6.45) is 1.30. The molecule has 0 aliphatic heterocycles. The monoisotopic (exact) mass is 374 g/mol. The molecule has 3 rings (SSSR count). The third-order valence-electron chi connectivity index (χ3n) is 4.05. The molecule has 0 spiro atoms. The molecule has 11 heteroatoms. The lowest BCUT2D eigenvalue weighted by atomic mass is 10.2. The van der Waals surface area contributed by atoms with Gasteiger partial charge in [-0.15, -0.1) is 0 Å². The smallest absolute Gasteiger partial charge is 0.332 e. The van der Waals surface area contributed by atoms with Crippen LogP contribution in [0.4, 0.5) is 5.95 Å². The Bertz CT molecular complexity index is 1160. The van der Waals surface area contributed by atoms with Gasteiger partial charge in [-0.3, -0.25) is 13.9 Å². The first-order valence-electron chi connectivity index (χ1n) is 7.93. The van der Waals surface area contributed by atoms with Gasteiger partial charge in [0.05, 0.1) is 12.8 Å². The normalized spacial score (nSPS) is 11.5. The van der Waals surface area contributed by atoms with E-state index >= 15 is 0 Å². The minimum absolute atomic E-state index is 0.0618. The van der Waals surface area contributed by atoms with Crippen LogP contribution in [0.3, 0.4) is 0 Å². The molecule has 2 aromatic heterocycles. The Morgan fingerprint density at radius 1 is 1.22 bits per heavy atom. The van der Waals surface area contributed by atoms with E-state index in [-0.39, 0.29) is 41.8 Å². The van der Waals surface area contributed by atoms with Gasteiger partial charge in [0.25, 0.3) is 5.56 Å². The molecule has 0 aliphatic rings. The molecule has 2 heterocycles. The number of rotatable bonds is 5. The van der Waals surface area contributed by atoms with Crippen molar-refractivity contribution < 1.29 is 15.3 Å². The highest BCUT2D eigenvalue weighted by molar-refractivity contribution is 5.84. The van der Waals surface area contributed by atoms with Crippen molar-refractivity contribution in [2.45, 2.75) is 6.54 Å². The maximum atomic E-state index is 12.5. The van der Waals surface area contributed by atoms with Gasteiger partial charge < -0.3 is 19.9 Å². The Balaban J connectivity index is 2.06. The van der Waals surface area contributed by atoms with Crippen molar-refractivity contribution in [1.82, 2.24) is 18.7 Å². The van der Waals surface area contributed by atoms with E-state index in [1.54, 1.807) is 0 Å². The van der Waals surface area contributed by atoms with Crippen LogP contribution in [0.1, 0.15) is 5.56 Å². The number of aromatic hydroxyl groups is 2. The molecule has 1 aromatic carbocycles. The van der Waals surface area contributed by atoms with Crippen molar-refractivity contribution in [3.8, 4) is 11.5 Å². The van der Waals surface area contributed by atoms with Crippen LogP contribution in [0, 0.1) is 0 Å². The number of hydrogen-bond acceptors (Lipinski definition) is 8. The Labute approximate surface area is 152 Å². The molecule has 3 aromatic rings. The van der Waals surface area contributed by atoms with E-state index in [9.17, 15) is 24.9 Å². The highest BCUT2D eigenvalue weighted by Crippen LogP contribution is 2.21. The number of phenols is 2. The molecule has 0 unspecified atom stereocenters. The van der Waals surface area contributed by atoms with Crippen LogP contribution in [0.2, 0.25) is 0 Å². The van der Waals surface area contributed by atoms with Gasteiger partial charge in [0, 0.05) is 32.3 Å². The number of imidazole rings is 1. The van der Waals surface area contributed by atoms with E-state index in [1.165, 1.54) is 47.6 Å². The van der Waals surface area contributed by atoms with Crippen molar-refractivity contribution in [1.29, 1.82) is 0 Å². The number of aliphatic hydroxyl groups is 1. The molecule has 0 amide bonds. The molecule has 0 bridgehead atoms. The van der Waals surface area contributed by atoms with Crippen molar-refractivity contribution >= 4 is 23.3 Å². The third kappa shape index (κ3) is 3.15. The first-order chi connectivity index (χ1) is 12.8. The molecular formula is C16H18N6O5. The summed E-state index contributed by atoms with van der Waals surface area (Å²) < 4.78 is 3.61. The summed E-state index contributed by atoms with van der Waals surface area (Å²) in [6.45, 7) is -0.194. The number of aromatic nitrogens is 4. The number of fused-ring (bicyclic) bond motifs is 1. The number of hydrogen-bond donors (Lipinski definition) is 4. The Morgan fingerprint density at radius 3 is 2.63 bits per heavy atom. The molecule has 11 nitrogen and oxygen atoms in total. The second kappa shape index (κ2) is 6.96. The zero-order chi connectivity index (χ0) is 19.7. The number of nitrogens with zero attached hydrogens (tertiary/aromatic N) is 5. The number of hydrazone groups is 1. The number of benzene rings is 1. The number of aliphatic hydroxyl groups excluding tert-OH is 1. The topological polar surface area (TPSA) is 147 Å². The van der Waals surface area contributed by atoms with Crippen molar-refractivity contribution in [3.63, 3.8) is 0 Å². The van der Waals surface area contributed by atoms with E-state index in [0.717, 1.165) is 4.57 Å². The van der Waals surface area contributed by atoms with Gasteiger partial charge in [-0.05, 0) is 12.1 Å². The van der Waals surface area contributed by atoms with Gasteiger partial charge in [-0.25, -0.2) is 10.2 Å². The van der Waals surface area contributed by atoms with Gasteiger partial charge in [-0.2, -0.15) is 10.1 Å². The summed E-state index contributed by atoms with van der Waals surface area (Å²) in [6, 6.07) is 4.02. The van der Waals surface area contributed by atoms with E-state index < -0.39 is 11.2 Å². The Kier molecular flexibility index (Phi) is 4.69. The fraction of sp³-hybridized carbons (Fsp3) is 0.250. The minimum atomic E-state index is -0.540. The number of nitrogens with one attached hydrogen (secondary N) is 1. The van der Waals surface area contributed by atoms with Gasteiger partial charge in [-0.1, -0.05) is 0 Å². The lowest BCUT2D eigenvalue weighted by Crippen LogP contribution is -2.37. The average Bonchev–Trinajstić information content (AvgIpc) is 2.99. The molecular weight excluding hydrogens is 356 g/mol. The fourth-order valence-corrected chi connectivity index (χ4v) is 2.65. The predicted octanol–water partition coefficient (Wildman–Crippen LogP) is -0.717. The average molecular weight is 374 g/mol. The van der Waals surface area contributed by atoms with Crippen LogP contribution in [-0.4, -0.2) is 46.8 Å². The lowest BCUT2D eigenvalue weighted by molar-refractivity contribution is 0.278. The molecule has 0 aliphatic carbocycles. The number of anilines is 1. The van der Waals surface area contributed by atoms with Crippen LogP contribution >= 0.6 is 0 Å². The molecule has 0 saturated carbocycles. The zero-order valence-corrected chi connectivity index (χ0v) is 14.6. The number of aryl methyl sites for hydroxylation is 1. The van der Waals surface area contributed by atoms with E-state index in [4.69, 9.17) is 0 Å². The van der Waals surface area contributed by atoms with Crippen LogP contribution in [0.5, 0.6) is 11.5 Å². The van der Waals surface area contributed by atoms with E-state index in [1.807, 2.05) is 0 Å². The van der Waals surface area contributed by atoms with Crippen molar-refractivity contribution in [2.24, 2.45) is 19.2 Å². The van der Waals surface area contributed by atoms with Crippen LogP contribution in [-0.2, 0) is 20.6 Å². The predicted molar refractivity (Wildman–Crippen MR) is 98.3 cm³/mol. The van der Waals surface area contributed by atoms with Crippen molar-refractivity contribution in [3.05, 3.63) is 44.6 Å². The first kappa shape index (κ1) is 18.2. The third-order valence-corrected chi connectivity index (χ3v) is 4.05.